The van der Waals surface area contributed by atoms with Crippen LogP contribution in [0.5, 0.6) is 5.75 Å². The molecular weight excluding hydrogens is 194 g/mol. The fourth-order valence-electron chi connectivity index (χ4n) is 1.16. The highest BCUT2D eigenvalue weighted by Gasteiger charge is 2.09. The number of aromatic hydroxyl groups is 1. The molecule has 0 saturated carbocycles. The fourth-order valence-corrected chi connectivity index (χ4v) is 1.16. The van der Waals surface area contributed by atoms with Gasteiger partial charge in [0, 0.05) is 6.54 Å². The van der Waals surface area contributed by atoms with Gasteiger partial charge in [0.15, 0.2) is 0 Å². The van der Waals surface area contributed by atoms with Crippen LogP contribution < -0.4 is 5.32 Å². The maximum Gasteiger partial charge on any atom is 0.255 e. The fraction of sp³-hybridized carbons (Fsp3) is 0.364. The van der Waals surface area contributed by atoms with Crippen LogP contribution in [-0.2, 0) is 0 Å². The molecule has 0 aliphatic rings. The van der Waals surface area contributed by atoms with E-state index in [1.807, 2.05) is 0 Å². The highest BCUT2D eigenvalue weighted by molar-refractivity contribution is 5.96. The molecule has 1 amide bonds. The Labute approximate surface area is 88.6 Å². The first-order valence-electron chi connectivity index (χ1n) is 4.85. The molecule has 0 bridgehead atoms. The Morgan fingerprint density at radius 3 is 2.73 bits per heavy atom. The van der Waals surface area contributed by atoms with Crippen LogP contribution in [0.25, 0.3) is 0 Å². The van der Waals surface area contributed by atoms with Gasteiger partial charge in [-0.25, -0.2) is 0 Å². The minimum absolute atomic E-state index is 0.0351. The predicted octanol–water partition coefficient (Wildman–Crippen LogP) is 0.893. The number of nitrogens with one attached hydrogen (secondary N) is 1. The number of phenols is 1. The number of amides is 1. The number of carbonyl (C=O) groups excluding carboxylic acids is 1. The minimum Gasteiger partial charge on any atom is -0.507 e. The molecule has 0 aliphatic heterocycles. The summed E-state index contributed by atoms with van der Waals surface area (Å²) < 4.78 is 0. The number of benzene rings is 1. The van der Waals surface area contributed by atoms with Gasteiger partial charge in [0.2, 0.25) is 0 Å². The lowest BCUT2D eigenvalue weighted by atomic mass is 10.2. The van der Waals surface area contributed by atoms with Crippen molar-refractivity contribution in [3.63, 3.8) is 0 Å². The molecule has 1 aromatic rings. The van der Waals surface area contributed by atoms with Crippen molar-refractivity contribution in [1.82, 2.24) is 5.32 Å². The lowest BCUT2D eigenvalue weighted by Crippen LogP contribution is -2.26. The summed E-state index contributed by atoms with van der Waals surface area (Å²) in [6, 6.07) is 6.35. The SMILES string of the molecule is CC(O)CCNC(=O)c1ccccc1O. The van der Waals surface area contributed by atoms with E-state index in [-0.39, 0.29) is 17.2 Å². The van der Waals surface area contributed by atoms with Crippen LogP contribution in [0.4, 0.5) is 0 Å². The van der Waals surface area contributed by atoms with Crippen LogP contribution in [0.1, 0.15) is 23.7 Å². The zero-order valence-corrected chi connectivity index (χ0v) is 8.60. The summed E-state index contributed by atoms with van der Waals surface area (Å²) in [6.45, 7) is 2.05. The smallest absolute Gasteiger partial charge is 0.255 e. The summed E-state index contributed by atoms with van der Waals surface area (Å²) in [4.78, 5) is 11.5. The summed E-state index contributed by atoms with van der Waals surface area (Å²) >= 11 is 0. The van der Waals surface area contributed by atoms with E-state index in [1.54, 1.807) is 25.1 Å². The molecule has 0 radical (unpaired) electrons. The van der Waals surface area contributed by atoms with Crippen molar-refractivity contribution in [3.05, 3.63) is 29.8 Å². The van der Waals surface area contributed by atoms with Gasteiger partial charge in [-0.15, -0.1) is 0 Å². The number of hydrogen-bond donors (Lipinski definition) is 3. The number of carbonyl (C=O) groups is 1. The second-order valence-corrected chi connectivity index (χ2v) is 3.41. The Balaban J connectivity index is 2.51. The molecule has 82 valence electrons. The van der Waals surface area contributed by atoms with Gasteiger partial charge in [0.25, 0.3) is 5.91 Å². The van der Waals surface area contributed by atoms with Crippen LogP contribution in [0.2, 0.25) is 0 Å². The van der Waals surface area contributed by atoms with Crippen molar-refractivity contribution in [2.45, 2.75) is 19.4 Å². The number of para-hydroxylation sites is 1. The van der Waals surface area contributed by atoms with Crippen LogP contribution in [0.3, 0.4) is 0 Å². The quantitative estimate of drug-likeness (QED) is 0.689. The van der Waals surface area contributed by atoms with E-state index in [0.717, 1.165) is 0 Å². The van der Waals surface area contributed by atoms with Crippen molar-refractivity contribution >= 4 is 5.91 Å². The van der Waals surface area contributed by atoms with Crippen LogP contribution in [-0.4, -0.2) is 28.8 Å². The Bertz CT molecular complexity index is 336. The summed E-state index contributed by atoms with van der Waals surface area (Å²) in [5.41, 5.74) is 0.253. The van der Waals surface area contributed by atoms with Crippen molar-refractivity contribution in [2.24, 2.45) is 0 Å². The second kappa shape index (κ2) is 5.36. The topological polar surface area (TPSA) is 69.6 Å². The molecule has 3 N–H and O–H groups in total. The van der Waals surface area contributed by atoms with Crippen LogP contribution in [0, 0.1) is 0 Å². The molecular formula is C11H15NO3. The van der Waals surface area contributed by atoms with Gasteiger partial charge < -0.3 is 15.5 Å². The molecule has 1 atom stereocenters. The molecule has 1 aromatic carbocycles. The van der Waals surface area contributed by atoms with E-state index in [0.29, 0.717) is 13.0 Å². The number of aliphatic hydroxyl groups excluding tert-OH is 1. The summed E-state index contributed by atoms with van der Waals surface area (Å²) in [6.07, 6.45) is 0.0639. The summed E-state index contributed by atoms with van der Waals surface area (Å²) in [7, 11) is 0. The van der Waals surface area contributed by atoms with Crippen molar-refractivity contribution in [1.29, 1.82) is 0 Å². The number of hydrogen-bond acceptors (Lipinski definition) is 3. The zero-order chi connectivity index (χ0) is 11.3. The van der Waals surface area contributed by atoms with Gasteiger partial charge in [-0.05, 0) is 25.5 Å². The van der Waals surface area contributed by atoms with E-state index < -0.39 is 6.10 Å². The molecule has 0 spiro atoms. The molecule has 0 fully saturated rings. The molecule has 4 nitrogen and oxygen atoms in total. The molecule has 1 unspecified atom stereocenters. The first-order chi connectivity index (χ1) is 7.11. The van der Waals surface area contributed by atoms with Crippen molar-refractivity contribution < 1.29 is 15.0 Å². The normalized spacial score (nSPS) is 12.1. The summed E-state index contributed by atoms with van der Waals surface area (Å²) in [5.74, 6) is -0.360. The Hall–Kier alpha value is -1.55. The van der Waals surface area contributed by atoms with E-state index in [4.69, 9.17) is 5.11 Å². The third kappa shape index (κ3) is 3.59. The van der Waals surface area contributed by atoms with Gasteiger partial charge in [-0.1, -0.05) is 12.1 Å². The third-order valence-corrected chi connectivity index (χ3v) is 2.00. The first kappa shape index (κ1) is 11.5. The van der Waals surface area contributed by atoms with Gasteiger partial charge >= 0.3 is 0 Å². The summed E-state index contributed by atoms with van der Waals surface area (Å²) in [5, 5.41) is 21.0. The third-order valence-electron chi connectivity index (χ3n) is 2.00. The standard InChI is InChI=1S/C11H15NO3/c1-8(13)6-7-12-11(15)9-4-2-3-5-10(9)14/h2-5,8,13-14H,6-7H2,1H3,(H,12,15). The lowest BCUT2D eigenvalue weighted by molar-refractivity contribution is 0.0943. The molecule has 1 rings (SSSR count). The van der Waals surface area contributed by atoms with Crippen molar-refractivity contribution in [3.8, 4) is 5.75 Å². The Kier molecular flexibility index (Phi) is 4.12. The van der Waals surface area contributed by atoms with E-state index in [2.05, 4.69) is 5.32 Å². The minimum atomic E-state index is -0.435. The highest BCUT2D eigenvalue weighted by Crippen LogP contribution is 2.14. The van der Waals surface area contributed by atoms with Crippen LogP contribution >= 0.6 is 0 Å². The molecule has 0 heterocycles. The second-order valence-electron chi connectivity index (χ2n) is 3.41. The molecule has 0 aliphatic carbocycles. The highest BCUT2D eigenvalue weighted by atomic mass is 16.3. The predicted molar refractivity (Wildman–Crippen MR) is 56.7 cm³/mol. The van der Waals surface area contributed by atoms with E-state index in [9.17, 15) is 9.90 Å². The number of aliphatic hydroxyl groups is 1. The average Bonchev–Trinajstić information content (AvgIpc) is 2.17. The van der Waals surface area contributed by atoms with Crippen molar-refractivity contribution in [2.75, 3.05) is 6.54 Å². The maximum absolute atomic E-state index is 11.5. The molecule has 4 heteroatoms. The van der Waals surface area contributed by atoms with Gasteiger partial charge in [0.1, 0.15) is 5.75 Å². The lowest BCUT2D eigenvalue weighted by Gasteiger charge is -2.07. The van der Waals surface area contributed by atoms with E-state index in [1.165, 1.54) is 6.07 Å². The number of phenolic OH excluding ortho intramolecular Hbond substituents is 1. The van der Waals surface area contributed by atoms with E-state index >= 15 is 0 Å². The largest absolute Gasteiger partial charge is 0.507 e. The average molecular weight is 209 g/mol. The Morgan fingerprint density at radius 2 is 2.13 bits per heavy atom. The first-order valence-corrected chi connectivity index (χ1v) is 4.85. The number of rotatable bonds is 4. The Morgan fingerprint density at radius 1 is 1.47 bits per heavy atom. The molecule has 0 aromatic heterocycles. The maximum atomic E-state index is 11.5. The van der Waals surface area contributed by atoms with Gasteiger partial charge in [0.05, 0.1) is 11.7 Å². The van der Waals surface area contributed by atoms with Gasteiger partial charge in [-0.2, -0.15) is 0 Å². The molecule has 15 heavy (non-hydrogen) atoms. The van der Waals surface area contributed by atoms with Crippen LogP contribution in [0.15, 0.2) is 24.3 Å². The zero-order valence-electron chi connectivity index (χ0n) is 8.60. The van der Waals surface area contributed by atoms with Gasteiger partial charge in [-0.3, -0.25) is 4.79 Å². The molecule has 0 saturated heterocycles. The monoisotopic (exact) mass is 209 g/mol.